The van der Waals surface area contributed by atoms with Gasteiger partial charge in [-0.1, -0.05) is 24.3 Å². The number of carbonyl (C=O) groups excluding carboxylic acids is 1. The van der Waals surface area contributed by atoms with Crippen molar-refractivity contribution >= 4 is 11.6 Å². The molecule has 1 N–H and O–H groups in total. The molecule has 0 aliphatic rings. The van der Waals surface area contributed by atoms with E-state index < -0.39 is 0 Å². The molecule has 35 heavy (non-hydrogen) atoms. The highest BCUT2D eigenvalue weighted by atomic mass is 16.5. The molecule has 7 nitrogen and oxygen atoms in total. The van der Waals surface area contributed by atoms with Crippen LogP contribution in [-0.2, 0) is 13.2 Å². The maximum Gasteiger partial charge on any atom is 0.255 e. The molecule has 1 aromatic heterocycles. The molecule has 4 aromatic rings. The number of nitrogens with zero attached hydrogens (tertiary/aromatic N) is 2. The van der Waals surface area contributed by atoms with Crippen molar-refractivity contribution < 1.29 is 19.0 Å². The quantitative estimate of drug-likeness (QED) is 0.357. The Morgan fingerprint density at radius 3 is 2.54 bits per heavy atom. The van der Waals surface area contributed by atoms with Crippen molar-refractivity contribution in [3.8, 4) is 23.3 Å². The summed E-state index contributed by atoms with van der Waals surface area (Å²) in [6.07, 6.45) is 3.40. The number of anilines is 1. The third-order valence-corrected chi connectivity index (χ3v) is 5.19. The van der Waals surface area contributed by atoms with Crippen molar-refractivity contribution in [1.29, 1.82) is 5.26 Å². The van der Waals surface area contributed by atoms with E-state index in [1.807, 2.05) is 30.3 Å². The summed E-state index contributed by atoms with van der Waals surface area (Å²) in [6.45, 7) is 0.566. The zero-order chi connectivity index (χ0) is 24.5. The first-order chi connectivity index (χ1) is 17.2. The summed E-state index contributed by atoms with van der Waals surface area (Å²) in [5, 5.41) is 12.1. The second-order valence-corrected chi connectivity index (χ2v) is 7.55. The van der Waals surface area contributed by atoms with E-state index in [2.05, 4.69) is 16.4 Å². The van der Waals surface area contributed by atoms with Crippen LogP contribution in [0.15, 0.2) is 91.3 Å². The first-order valence-electron chi connectivity index (χ1n) is 10.9. The number of rotatable bonds is 9. The van der Waals surface area contributed by atoms with E-state index in [-0.39, 0.29) is 12.5 Å². The van der Waals surface area contributed by atoms with E-state index in [1.54, 1.807) is 68.0 Å². The maximum atomic E-state index is 12.9. The molecule has 0 fully saturated rings. The van der Waals surface area contributed by atoms with Crippen LogP contribution in [0.25, 0.3) is 0 Å². The molecule has 7 heteroatoms. The van der Waals surface area contributed by atoms with Gasteiger partial charge in [-0.05, 0) is 54.1 Å². The molecule has 4 rings (SSSR count). The third-order valence-electron chi connectivity index (χ3n) is 5.19. The SMILES string of the molecule is COc1ccc(NC(=O)c2cccc(OCc3ccccc3C#N)c2)cc1OCc1ccncc1. The van der Waals surface area contributed by atoms with E-state index in [0.717, 1.165) is 11.1 Å². The molecular weight excluding hydrogens is 442 g/mol. The number of pyridine rings is 1. The summed E-state index contributed by atoms with van der Waals surface area (Å²) in [5.41, 5.74) is 3.30. The molecule has 1 heterocycles. The Kier molecular flexibility index (Phi) is 7.56. The van der Waals surface area contributed by atoms with Gasteiger partial charge >= 0.3 is 0 Å². The Labute approximate surface area is 203 Å². The highest BCUT2D eigenvalue weighted by Crippen LogP contribution is 2.31. The van der Waals surface area contributed by atoms with Gasteiger partial charge in [-0.15, -0.1) is 0 Å². The molecular formula is C28H23N3O4. The monoisotopic (exact) mass is 465 g/mol. The summed E-state index contributed by atoms with van der Waals surface area (Å²) >= 11 is 0. The summed E-state index contributed by atoms with van der Waals surface area (Å²) in [6, 6.07) is 25.2. The molecule has 0 unspecified atom stereocenters. The van der Waals surface area contributed by atoms with Crippen molar-refractivity contribution in [1.82, 2.24) is 4.98 Å². The molecule has 3 aromatic carbocycles. The average Bonchev–Trinajstić information content (AvgIpc) is 2.91. The number of benzene rings is 3. The number of amides is 1. The van der Waals surface area contributed by atoms with Crippen LogP contribution in [0.3, 0.4) is 0 Å². The van der Waals surface area contributed by atoms with Gasteiger partial charge in [-0.3, -0.25) is 9.78 Å². The van der Waals surface area contributed by atoms with Gasteiger partial charge in [0, 0.05) is 35.3 Å². The topological polar surface area (TPSA) is 93.5 Å². The fourth-order valence-electron chi connectivity index (χ4n) is 3.35. The van der Waals surface area contributed by atoms with Gasteiger partial charge in [-0.25, -0.2) is 0 Å². The molecule has 1 amide bonds. The average molecular weight is 466 g/mol. The largest absolute Gasteiger partial charge is 0.493 e. The van der Waals surface area contributed by atoms with Crippen molar-refractivity contribution in [2.45, 2.75) is 13.2 Å². The first-order valence-corrected chi connectivity index (χ1v) is 10.9. The van der Waals surface area contributed by atoms with Crippen LogP contribution in [-0.4, -0.2) is 18.0 Å². The molecule has 0 aliphatic heterocycles. The molecule has 0 spiro atoms. The summed E-state index contributed by atoms with van der Waals surface area (Å²) < 4.78 is 17.1. The van der Waals surface area contributed by atoms with E-state index in [9.17, 15) is 10.1 Å². The van der Waals surface area contributed by atoms with Crippen molar-refractivity contribution in [3.63, 3.8) is 0 Å². The Bertz CT molecular complexity index is 1350. The Morgan fingerprint density at radius 1 is 0.914 bits per heavy atom. The molecule has 0 bridgehead atoms. The lowest BCUT2D eigenvalue weighted by Gasteiger charge is -2.13. The smallest absolute Gasteiger partial charge is 0.255 e. The fraction of sp³-hybridized carbons (Fsp3) is 0.107. The predicted molar refractivity (Wildman–Crippen MR) is 131 cm³/mol. The van der Waals surface area contributed by atoms with Crippen LogP contribution in [0.2, 0.25) is 0 Å². The molecule has 0 saturated heterocycles. The lowest BCUT2D eigenvalue weighted by Crippen LogP contribution is -2.12. The number of aromatic nitrogens is 1. The van der Waals surface area contributed by atoms with Crippen molar-refractivity contribution in [2.75, 3.05) is 12.4 Å². The number of methoxy groups -OCH3 is 1. The highest BCUT2D eigenvalue weighted by Gasteiger charge is 2.12. The van der Waals surface area contributed by atoms with Gasteiger partial charge in [0.1, 0.15) is 19.0 Å². The van der Waals surface area contributed by atoms with Gasteiger partial charge in [0.05, 0.1) is 18.7 Å². The van der Waals surface area contributed by atoms with E-state index >= 15 is 0 Å². The van der Waals surface area contributed by atoms with Gasteiger partial charge in [0.2, 0.25) is 0 Å². The lowest BCUT2D eigenvalue weighted by molar-refractivity contribution is 0.102. The standard InChI is InChI=1S/C28H23N3O4/c1-33-26-10-9-24(16-27(26)35-18-20-11-13-30-14-12-20)31-28(32)21-7-4-8-25(15-21)34-19-23-6-3-2-5-22(23)17-29/h2-16H,18-19H2,1H3,(H,31,32). The van der Waals surface area contributed by atoms with Gasteiger partial charge < -0.3 is 19.5 Å². The minimum Gasteiger partial charge on any atom is -0.493 e. The fourth-order valence-corrected chi connectivity index (χ4v) is 3.35. The zero-order valence-corrected chi connectivity index (χ0v) is 19.1. The van der Waals surface area contributed by atoms with Crippen LogP contribution in [0.5, 0.6) is 17.2 Å². The summed E-state index contributed by atoms with van der Waals surface area (Å²) in [4.78, 5) is 16.9. The van der Waals surface area contributed by atoms with Crippen molar-refractivity contribution in [2.24, 2.45) is 0 Å². The van der Waals surface area contributed by atoms with Gasteiger partial charge in [-0.2, -0.15) is 5.26 Å². The van der Waals surface area contributed by atoms with Crippen LogP contribution in [0.4, 0.5) is 5.69 Å². The first kappa shape index (κ1) is 23.3. The van der Waals surface area contributed by atoms with Gasteiger partial charge in [0.15, 0.2) is 11.5 Å². The summed E-state index contributed by atoms with van der Waals surface area (Å²) in [5.74, 6) is 1.31. The number of ether oxygens (including phenoxy) is 3. The third kappa shape index (κ3) is 6.15. The van der Waals surface area contributed by atoms with Crippen LogP contribution in [0.1, 0.15) is 27.0 Å². The Morgan fingerprint density at radius 2 is 1.74 bits per heavy atom. The Hall–Kier alpha value is -4.83. The van der Waals surface area contributed by atoms with Crippen LogP contribution >= 0.6 is 0 Å². The molecule has 0 aliphatic carbocycles. The van der Waals surface area contributed by atoms with E-state index in [4.69, 9.17) is 14.2 Å². The number of nitriles is 1. The molecule has 174 valence electrons. The highest BCUT2D eigenvalue weighted by molar-refractivity contribution is 6.04. The lowest BCUT2D eigenvalue weighted by atomic mass is 10.1. The number of carbonyl (C=O) groups is 1. The zero-order valence-electron chi connectivity index (χ0n) is 19.1. The molecule has 0 radical (unpaired) electrons. The predicted octanol–water partition coefficient (Wildman–Crippen LogP) is 5.37. The second kappa shape index (κ2) is 11.3. The molecule has 0 saturated carbocycles. The minimum atomic E-state index is -0.293. The number of hydrogen-bond donors (Lipinski definition) is 1. The summed E-state index contributed by atoms with van der Waals surface area (Å²) in [7, 11) is 1.56. The van der Waals surface area contributed by atoms with E-state index in [0.29, 0.717) is 40.7 Å². The Balaban J connectivity index is 1.43. The minimum absolute atomic E-state index is 0.228. The number of hydrogen-bond acceptors (Lipinski definition) is 6. The normalized spacial score (nSPS) is 10.2. The van der Waals surface area contributed by atoms with Crippen LogP contribution in [0, 0.1) is 11.3 Å². The molecule has 0 atom stereocenters. The second-order valence-electron chi connectivity index (χ2n) is 7.55. The van der Waals surface area contributed by atoms with Crippen molar-refractivity contribution in [3.05, 3.63) is 114 Å². The maximum absolute atomic E-state index is 12.9. The number of nitrogens with one attached hydrogen (secondary N) is 1. The van der Waals surface area contributed by atoms with E-state index in [1.165, 1.54) is 0 Å². The van der Waals surface area contributed by atoms with Gasteiger partial charge in [0.25, 0.3) is 5.91 Å². The van der Waals surface area contributed by atoms with Crippen LogP contribution < -0.4 is 19.5 Å².